The van der Waals surface area contributed by atoms with Crippen molar-refractivity contribution in [2.24, 2.45) is 0 Å². The molecule has 6 N–H and O–H groups in total. The van der Waals surface area contributed by atoms with Gasteiger partial charge in [-0.3, -0.25) is 19.6 Å². The third-order valence-electron chi connectivity index (χ3n) is 7.37. The fourth-order valence-electron chi connectivity index (χ4n) is 5.14. The predicted molar refractivity (Wildman–Crippen MR) is 175 cm³/mol. The first-order chi connectivity index (χ1) is 21.6. The van der Waals surface area contributed by atoms with Crippen LogP contribution in [-0.4, -0.2) is 50.0 Å². The molecule has 0 spiro atoms. The first kappa shape index (κ1) is 33.3. The Morgan fingerprint density at radius 2 is 1.93 bits per heavy atom. The quantitative estimate of drug-likeness (QED) is 0.0868. The zero-order valence-corrected chi connectivity index (χ0v) is 27.6. The molecule has 0 aliphatic heterocycles. The number of phosphoric acid groups is 1. The van der Waals surface area contributed by atoms with Gasteiger partial charge in [-0.05, 0) is 63.6 Å². The maximum absolute atomic E-state index is 13.3. The molecule has 1 unspecified atom stereocenters. The van der Waals surface area contributed by atoms with Crippen molar-refractivity contribution in [2.45, 2.75) is 45.9 Å². The average molecular weight is 669 g/mol. The number of benzene rings is 2. The summed E-state index contributed by atoms with van der Waals surface area (Å²) in [6, 6.07) is 11.8. The second kappa shape index (κ2) is 13.0. The van der Waals surface area contributed by atoms with Crippen LogP contribution in [0.1, 0.15) is 54.1 Å². The van der Waals surface area contributed by atoms with Gasteiger partial charge in [0.25, 0.3) is 5.91 Å². The lowest BCUT2D eigenvalue weighted by Crippen LogP contribution is -2.38. The highest BCUT2D eigenvalue weighted by Gasteiger charge is 2.24. The summed E-state index contributed by atoms with van der Waals surface area (Å²) >= 11 is 6.61. The third-order valence-corrected chi connectivity index (χ3v) is 8.08. The number of hydrogen-bond acceptors (Lipinski definition) is 7. The van der Waals surface area contributed by atoms with Crippen LogP contribution in [0.15, 0.2) is 61.1 Å². The van der Waals surface area contributed by atoms with E-state index >= 15 is 0 Å². The van der Waals surface area contributed by atoms with Gasteiger partial charge in [-0.2, -0.15) is 4.57 Å². The third kappa shape index (κ3) is 7.50. The van der Waals surface area contributed by atoms with E-state index in [0.717, 1.165) is 10.8 Å². The predicted octanol–water partition coefficient (Wildman–Crippen LogP) is 5.17. The summed E-state index contributed by atoms with van der Waals surface area (Å²) in [5, 5.41) is 18.7. The lowest BCUT2D eigenvalue weighted by Gasteiger charge is -2.23. The number of H-pyrrole nitrogens is 1. The maximum atomic E-state index is 13.3. The average Bonchev–Trinajstić information content (AvgIpc) is 3.33. The van der Waals surface area contributed by atoms with Gasteiger partial charge in [-0.1, -0.05) is 17.7 Å². The minimum atomic E-state index is -4.90. The van der Waals surface area contributed by atoms with Crippen LogP contribution in [0.2, 0.25) is 5.02 Å². The van der Waals surface area contributed by atoms with E-state index in [2.05, 4.69) is 20.6 Å². The van der Waals surface area contributed by atoms with E-state index in [1.807, 2.05) is 43.8 Å². The highest BCUT2D eigenvalue weighted by molar-refractivity contribution is 7.46. The van der Waals surface area contributed by atoms with Crippen molar-refractivity contribution in [1.82, 2.24) is 15.3 Å². The van der Waals surface area contributed by atoms with E-state index in [0.29, 0.717) is 49.9 Å². The number of methoxy groups -OCH3 is 1. The number of aromatic nitrogens is 3. The van der Waals surface area contributed by atoms with Crippen LogP contribution in [0.4, 0.5) is 5.69 Å². The van der Waals surface area contributed by atoms with Gasteiger partial charge in [0.15, 0.2) is 24.7 Å². The van der Waals surface area contributed by atoms with Crippen molar-refractivity contribution < 1.29 is 38.1 Å². The molecular weight excluding hydrogens is 633 g/mol. The number of nitrogens with one attached hydrogen (secondary N) is 3. The number of β-amino-alcohol motifs (C(OH)–C–C–N with tert-alkyl or cyclic N) is 1. The zero-order chi connectivity index (χ0) is 33.4. The van der Waals surface area contributed by atoms with Crippen LogP contribution >= 0.6 is 19.4 Å². The number of pyridine rings is 2. The van der Waals surface area contributed by atoms with Crippen LogP contribution in [-0.2, 0) is 11.1 Å². The number of carbonyl (C=O) groups excluding carboxylic acids is 1. The first-order valence-corrected chi connectivity index (χ1v) is 16.3. The summed E-state index contributed by atoms with van der Waals surface area (Å²) in [6.07, 6.45) is 4.32. The Bertz CT molecular complexity index is 1990. The van der Waals surface area contributed by atoms with Crippen molar-refractivity contribution in [1.29, 1.82) is 0 Å². The van der Waals surface area contributed by atoms with Gasteiger partial charge in [0.05, 0.1) is 34.9 Å². The second-order valence-electron chi connectivity index (χ2n) is 11.9. The molecular formula is C32H36ClN5O7P+. The molecule has 5 aromatic rings. The number of aromatic amines is 1. The molecule has 5 rings (SSSR count). The molecule has 3 heterocycles. The number of ether oxygens (including phenoxy) is 1. The van der Waals surface area contributed by atoms with E-state index in [1.54, 1.807) is 43.5 Å². The Morgan fingerprint density at radius 1 is 1.17 bits per heavy atom. The van der Waals surface area contributed by atoms with Crippen LogP contribution < -0.4 is 24.5 Å². The molecule has 2 aromatic carbocycles. The van der Waals surface area contributed by atoms with Crippen LogP contribution in [0.25, 0.3) is 21.8 Å². The minimum absolute atomic E-state index is 0.0444. The molecule has 0 radical (unpaired) electrons. The van der Waals surface area contributed by atoms with Gasteiger partial charge in [0.2, 0.25) is 0 Å². The number of aliphatic hydroxyl groups excluding tert-OH is 1. The highest BCUT2D eigenvalue weighted by atomic mass is 35.5. The number of amides is 1. The number of anilines is 1. The molecule has 0 aliphatic carbocycles. The summed E-state index contributed by atoms with van der Waals surface area (Å²) in [5.41, 5.74) is 3.34. The number of rotatable bonds is 10. The van der Waals surface area contributed by atoms with E-state index in [1.165, 1.54) is 13.2 Å². The van der Waals surface area contributed by atoms with E-state index in [9.17, 15) is 24.3 Å². The fourth-order valence-corrected chi connectivity index (χ4v) is 5.85. The maximum Gasteiger partial charge on any atom is 0.524 e. The smallest absolute Gasteiger partial charge is 0.493 e. The Morgan fingerprint density at radius 3 is 2.61 bits per heavy atom. The van der Waals surface area contributed by atoms with Crippen molar-refractivity contribution in [2.75, 3.05) is 19.0 Å². The SMILES string of the molecule is COc1c(Cl)cc2c([nH]c3c[n+](Cc4ccc(C(O)CNC(C)(C)C)cc4OP(=O)(O)O)ccc32)c1NC(=O)c1cccnc1C. The number of carbonyl (C=O) groups is 1. The summed E-state index contributed by atoms with van der Waals surface area (Å²) in [6.45, 7) is 8.08. The number of fused-ring (bicyclic) bond motifs is 3. The standard InChI is InChI=1S/C32H35ClN5O7P/c1-18-21(7-6-11-34-18)31(40)37-29-28-23(14-24(33)30(29)44-5)22-10-12-38(17-25(22)36-28)16-20-9-8-19(13-27(20)45-46(41,42)43)26(39)15-35-32(2,3)4/h6-14,17,26,35,39H,15-16H2,1-5H3,(H3,37,40,41,42,43)/p+1. The molecule has 0 saturated carbocycles. The molecule has 3 aromatic heterocycles. The normalized spacial score (nSPS) is 12.8. The number of aryl methyl sites for hydroxylation is 1. The molecule has 0 bridgehead atoms. The molecule has 14 heteroatoms. The van der Waals surface area contributed by atoms with Crippen molar-refractivity contribution in [3.8, 4) is 11.5 Å². The highest BCUT2D eigenvalue weighted by Crippen LogP contribution is 2.43. The summed E-state index contributed by atoms with van der Waals surface area (Å²) in [5.74, 6) is -0.124. The van der Waals surface area contributed by atoms with Gasteiger partial charge >= 0.3 is 7.82 Å². The van der Waals surface area contributed by atoms with Crippen molar-refractivity contribution in [3.63, 3.8) is 0 Å². The number of phosphoric ester groups is 1. The van der Waals surface area contributed by atoms with Crippen LogP contribution in [0, 0.1) is 6.92 Å². The summed E-state index contributed by atoms with van der Waals surface area (Å²) in [7, 11) is -3.43. The molecule has 12 nitrogen and oxygen atoms in total. The van der Waals surface area contributed by atoms with Crippen molar-refractivity contribution in [3.05, 3.63) is 88.5 Å². The monoisotopic (exact) mass is 668 g/mol. The Kier molecular flexibility index (Phi) is 9.42. The van der Waals surface area contributed by atoms with Gasteiger partial charge in [-0.15, -0.1) is 0 Å². The molecule has 1 atom stereocenters. The van der Waals surface area contributed by atoms with Gasteiger partial charge in [0, 0.05) is 40.8 Å². The molecule has 0 aliphatic rings. The van der Waals surface area contributed by atoms with E-state index in [4.69, 9.17) is 20.9 Å². The second-order valence-corrected chi connectivity index (χ2v) is 13.5. The molecule has 0 saturated heterocycles. The number of aliphatic hydroxyl groups is 1. The first-order valence-electron chi connectivity index (χ1n) is 14.4. The lowest BCUT2D eigenvalue weighted by atomic mass is 10.0. The van der Waals surface area contributed by atoms with Gasteiger partial charge in [0.1, 0.15) is 17.0 Å². The number of halogens is 1. The Labute approximate surface area is 270 Å². The van der Waals surface area contributed by atoms with E-state index < -0.39 is 13.9 Å². The van der Waals surface area contributed by atoms with Crippen molar-refractivity contribution >= 4 is 52.8 Å². The summed E-state index contributed by atoms with van der Waals surface area (Å²) < 4.78 is 24.3. The molecule has 0 fully saturated rings. The fraction of sp³-hybridized carbons (Fsp3) is 0.281. The lowest BCUT2D eigenvalue weighted by molar-refractivity contribution is -0.687. The Hall–Kier alpha value is -4.03. The van der Waals surface area contributed by atoms with Gasteiger partial charge < -0.3 is 30.0 Å². The van der Waals surface area contributed by atoms with Crippen LogP contribution in [0.5, 0.6) is 11.5 Å². The molecule has 46 heavy (non-hydrogen) atoms. The minimum Gasteiger partial charge on any atom is -0.493 e. The Balaban J connectivity index is 1.51. The summed E-state index contributed by atoms with van der Waals surface area (Å²) in [4.78, 5) is 40.0. The van der Waals surface area contributed by atoms with Gasteiger partial charge in [-0.25, -0.2) is 4.57 Å². The number of nitrogens with zero attached hydrogens (tertiary/aromatic N) is 2. The zero-order valence-electron chi connectivity index (χ0n) is 26.0. The van der Waals surface area contributed by atoms with Crippen LogP contribution in [0.3, 0.4) is 0 Å². The molecule has 242 valence electrons. The van der Waals surface area contributed by atoms with E-state index in [-0.39, 0.29) is 30.3 Å². The topological polar surface area (TPSA) is 170 Å². The largest absolute Gasteiger partial charge is 0.524 e. The number of hydrogen-bond donors (Lipinski definition) is 6. The molecule has 1 amide bonds.